The summed E-state index contributed by atoms with van der Waals surface area (Å²) in [4.78, 5) is 9.39. The molecule has 2 aliphatic rings. The Hall–Kier alpha value is -1.49. The first-order chi connectivity index (χ1) is 10.7. The quantitative estimate of drug-likeness (QED) is 0.686. The third-order valence-corrected chi connectivity index (χ3v) is 4.78. The van der Waals surface area contributed by atoms with Crippen molar-refractivity contribution in [3.05, 3.63) is 23.7 Å². The summed E-state index contributed by atoms with van der Waals surface area (Å²) in [6.07, 6.45) is 6.29. The van der Waals surface area contributed by atoms with E-state index in [0.717, 1.165) is 37.7 Å². The Kier molecular flexibility index (Phi) is 5.03. The number of rotatable bonds is 4. The average molecular weight is 304 g/mol. The normalized spacial score (nSPS) is 22.2. The molecule has 2 aliphatic heterocycles. The molecule has 5 nitrogen and oxygen atoms in total. The second-order valence-corrected chi connectivity index (χ2v) is 6.45. The van der Waals surface area contributed by atoms with Crippen LogP contribution in [0.15, 0.2) is 21.5 Å². The van der Waals surface area contributed by atoms with Crippen LogP contribution < -0.4 is 5.73 Å². The summed E-state index contributed by atoms with van der Waals surface area (Å²) < 4.78 is 5.87. The number of hydrogen-bond acceptors (Lipinski definition) is 3. The average Bonchev–Trinajstić information content (AvgIpc) is 3.21. The summed E-state index contributed by atoms with van der Waals surface area (Å²) in [6, 6.07) is 4.35. The van der Waals surface area contributed by atoms with Crippen LogP contribution in [-0.4, -0.2) is 48.5 Å². The predicted molar refractivity (Wildman–Crippen MR) is 88.9 cm³/mol. The molecule has 0 amide bonds. The number of nitrogens with two attached hydrogens (primary N) is 1. The maximum Gasteiger partial charge on any atom is 0.191 e. The van der Waals surface area contributed by atoms with E-state index < -0.39 is 0 Å². The third-order valence-electron chi connectivity index (χ3n) is 4.78. The molecule has 0 radical (unpaired) electrons. The standard InChI is InChI=1S/C17H28N4O/c1-14-7-8-16(22-14)15(20-9-5-6-10-20)13-19-17(18)21-11-3-2-4-12-21/h7-8,15H,2-6,9-13H2,1H3,(H2,18,19). The highest BCUT2D eigenvalue weighted by molar-refractivity contribution is 5.78. The minimum Gasteiger partial charge on any atom is -0.465 e. The van der Waals surface area contributed by atoms with Crippen LogP contribution >= 0.6 is 0 Å². The van der Waals surface area contributed by atoms with Gasteiger partial charge in [-0.2, -0.15) is 0 Å². The Morgan fingerprint density at radius 3 is 2.45 bits per heavy atom. The zero-order valence-corrected chi connectivity index (χ0v) is 13.6. The molecule has 2 fully saturated rings. The molecule has 0 spiro atoms. The minimum absolute atomic E-state index is 0.222. The fourth-order valence-electron chi connectivity index (χ4n) is 3.47. The largest absolute Gasteiger partial charge is 0.465 e. The molecule has 0 bridgehead atoms. The van der Waals surface area contributed by atoms with Gasteiger partial charge >= 0.3 is 0 Å². The molecular formula is C17H28N4O. The van der Waals surface area contributed by atoms with E-state index in [1.165, 1.54) is 32.1 Å². The van der Waals surface area contributed by atoms with Crippen molar-refractivity contribution in [3.8, 4) is 0 Å². The second-order valence-electron chi connectivity index (χ2n) is 6.45. The molecule has 5 heteroatoms. The molecule has 122 valence electrons. The highest BCUT2D eigenvalue weighted by atomic mass is 16.3. The first-order valence-electron chi connectivity index (χ1n) is 8.59. The van der Waals surface area contributed by atoms with E-state index in [2.05, 4.69) is 15.9 Å². The van der Waals surface area contributed by atoms with E-state index in [0.29, 0.717) is 12.5 Å². The van der Waals surface area contributed by atoms with E-state index in [4.69, 9.17) is 15.1 Å². The Morgan fingerprint density at radius 2 is 1.82 bits per heavy atom. The van der Waals surface area contributed by atoms with Crippen molar-refractivity contribution in [2.24, 2.45) is 10.7 Å². The van der Waals surface area contributed by atoms with Crippen LogP contribution in [0.3, 0.4) is 0 Å². The summed E-state index contributed by atoms with van der Waals surface area (Å²) in [5.74, 6) is 2.69. The van der Waals surface area contributed by atoms with E-state index in [1.54, 1.807) is 0 Å². The van der Waals surface area contributed by atoms with Crippen molar-refractivity contribution < 1.29 is 4.42 Å². The van der Waals surface area contributed by atoms with Crippen molar-refractivity contribution in [1.82, 2.24) is 9.80 Å². The lowest BCUT2D eigenvalue weighted by molar-refractivity contribution is 0.218. The van der Waals surface area contributed by atoms with Crippen LogP contribution in [0.5, 0.6) is 0 Å². The minimum atomic E-state index is 0.222. The number of aliphatic imine (C=N–C) groups is 1. The van der Waals surface area contributed by atoms with Gasteiger partial charge in [0.15, 0.2) is 5.96 Å². The number of likely N-dealkylation sites (tertiary alicyclic amines) is 2. The van der Waals surface area contributed by atoms with Gasteiger partial charge in [0.25, 0.3) is 0 Å². The lowest BCUT2D eigenvalue weighted by atomic mass is 10.1. The fraction of sp³-hybridized carbons (Fsp3) is 0.706. The molecule has 0 aliphatic carbocycles. The van der Waals surface area contributed by atoms with Crippen LogP contribution in [0, 0.1) is 6.92 Å². The molecule has 22 heavy (non-hydrogen) atoms. The smallest absolute Gasteiger partial charge is 0.191 e. The van der Waals surface area contributed by atoms with Crippen molar-refractivity contribution in [1.29, 1.82) is 0 Å². The molecule has 2 N–H and O–H groups in total. The van der Waals surface area contributed by atoms with Crippen molar-refractivity contribution in [2.75, 3.05) is 32.7 Å². The van der Waals surface area contributed by atoms with Gasteiger partial charge in [-0.3, -0.25) is 9.89 Å². The Balaban J connectivity index is 1.69. The van der Waals surface area contributed by atoms with Crippen molar-refractivity contribution >= 4 is 5.96 Å². The topological polar surface area (TPSA) is 58.0 Å². The zero-order chi connectivity index (χ0) is 15.4. The number of hydrogen-bond donors (Lipinski definition) is 1. The van der Waals surface area contributed by atoms with E-state index in [9.17, 15) is 0 Å². The van der Waals surface area contributed by atoms with Crippen LogP contribution in [0.2, 0.25) is 0 Å². The van der Waals surface area contributed by atoms with Crippen LogP contribution in [0.1, 0.15) is 49.7 Å². The molecule has 3 heterocycles. The lowest BCUT2D eigenvalue weighted by Crippen LogP contribution is -2.41. The van der Waals surface area contributed by atoms with Gasteiger partial charge < -0.3 is 15.1 Å². The Labute approximate surface area is 133 Å². The maximum atomic E-state index is 6.21. The van der Waals surface area contributed by atoms with Crippen molar-refractivity contribution in [3.63, 3.8) is 0 Å². The summed E-state index contributed by atoms with van der Waals surface area (Å²) in [5, 5.41) is 0. The summed E-state index contributed by atoms with van der Waals surface area (Å²) in [5.41, 5.74) is 6.21. The SMILES string of the molecule is Cc1ccc(C(CN=C(N)N2CCCCC2)N2CCCC2)o1. The highest BCUT2D eigenvalue weighted by Gasteiger charge is 2.26. The molecule has 1 atom stereocenters. The molecule has 2 saturated heterocycles. The van der Waals surface area contributed by atoms with Crippen LogP contribution in [-0.2, 0) is 0 Å². The lowest BCUT2D eigenvalue weighted by Gasteiger charge is -2.29. The van der Waals surface area contributed by atoms with Crippen LogP contribution in [0.25, 0.3) is 0 Å². The number of guanidine groups is 1. The first kappa shape index (κ1) is 15.4. The predicted octanol–water partition coefficient (Wildman–Crippen LogP) is 2.53. The third kappa shape index (κ3) is 3.64. The van der Waals surface area contributed by atoms with Gasteiger partial charge in [-0.15, -0.1) is 0 Å². The summed E-state index contributed by atoms with van der Waals surface area (Å²) >= 11 is 0. The van der Waals surface area contributed by atoms with Gasteiger partial charge in [-0.1, -0.05) is 0 Å². The molecule has 3 rings (SSSR count). The molecule has 1 aromatic heterocycles. The van der Waals surface area contributed by atoms with Gasteiger partial charge in [0.2, 0.25) is 0 Å². The fourth-order valence-corrected chi connectivity index (χ4v) is 3.47. The summed E-state index contributed by atoms with van der Waals surface area (Å²) in [7, 11) is 0. The maximum absolute atomic E-state index is 6.21. The van der Waals surface area contributed by atoms with Crippen LogP contribution in [0.4, 0.5) is 0 Å². The van der Waals surface area contributed by atoms with Gasteiger partial charge in [0, 0.05) is 13.1 Å². The second kappa shape index (κ2) is 7.18. The first-order valence-corrected chi connectivity index (χ1v) is 8.59. The molecular weight excluding hydrogens is 276 g/mol. The Bertz CT molecular complexity index is 499. The molecule has 1 aromatic rings. The van der Waals surface area contributed by atoms with Gasteiger partial charge in [-0.25, -0.2) is 0 Å². The van der Waals surface area contributed by atoms with Gasteiger partial charge in [0.1, 0.15) is 11.5 Å². The number of piperidine rings is 1. The monoisotopic (exact) mass is 304 g/mol. The highest BCUT2D eigenvalue weighted by Crippen LogP contribution is 2.27. The molecule has 0 aromatic carbocycles. The summed E-state index contributed by atoms with van der Waals surface area (Å²) in [6.45, 7) is 7.03. The number of furan rings is 1. The zero-order valence-electron chi connectivity index (χ0n) is 13.6. The Morgan fingerprint density at radius 1 is 1.14 bits per heavy atom. The molecule has 0 saturated carbocycles. The molecule has 1 unspecified atom stereocenters. The number of aryl methyl sites for hydroxylation is 1. The number of nitrogens with zero attached hydrogens (tertiary/aromatic N) is 3. The van der Waals surface area contributed by atoms with E-state index in [1.807, 2.05) is 13.0 Å². The van der Waals surface area contributed by atoms with E-state index in [-0.39, 0.29) is 6.04 Å². The van der Waals surface area contributed by atoms with Crippen molar-refractivity contribution in [2.45, 2.75) is 45.1 Å². The van der Waals surface area contributed by atoms with E-state index >= 15 is 0 Å². The van der Waals surface area contributed by atoms with Gasteiger partial charge in [-0.05, 0) is 64.3 Å². The van der Waals surface area contributed by atoms with Gasteiger partial charge in [0.05, 0.1) is 12.6 Å².